The molecule has 0 radical (unpaired) electrons. The lowest BCUT2D eigenvalue weighted by Crippen LogP contribution is -2.32. The van der Waals surface area contributed by atoms with Crippen LogP contribution in [0.3, 0.4) is 0 Å². The molecule has 0 fully saturated rings. The Kier molecular flexibility index (Phi) is 6.49. The third-order valence-corrected chi connectivity index (χ3v) is 3.58. The zero-order chi connectivity index (χ0) is 17.4. The molecule has 126 valence electrons. The van der Waals surface area contributed by atoms with Gasteiger partial charge in [0.25, 0.3) is 11.8 Å². The second kappa shape index (κ2) is 8.82. The quantitative estimate of drug-likeness (QED) is 0.846. The fourth-order valence-electron chi connectivity index (χ4n) is 2.47. The standard InChI is InChI=1S/C19H23N3O2/c1-3-12-22(13-4-2)19(24)16-6-5-7-17(14-16)21-18(23)15-8-10-20-11-9-15/h5-11,14H,3-4,12-13H2,1-2H3,(H,21,23). The van der Waals surface area contributed by atoms with Crippen molar-refractivity contribution in [1.82, 2.24) is 9.88 Å². The highest BCUT2D eigenvalue weighted by molar-refractivity contribution is 6.05. The van der Waals surface area contributed by atoms with Crippen LogP contribution in [0.5, 0.6) is 0 Å². The predicted octanol–water partition coefficient (Wildman–Crippen LogP) is 3.60. The van der Waals surface area contributed by atoms with Gasteiger partial charge in [0, 0.05) is 42.3 Å². The average Bonchev–Trinajstić information content (AvgIpc) is 2.62. The molecule has 2 rings (SSSR count). The Labute approximate surface area is 142 Å². The zero-order valence-electron chi connectivity index (χ0n) is 14.2. The Hall–Kier alpha value is -2.69. The molecule has 0 aliphatic carbocycles. The Bertz CT molecular complexity index is 680. The predicted molar refractivity (Wildman–Crippen MR) is 95.1 cm³/mol. The van der Waals surface area contributed by atoms with Crippen molar-refractivity contribution in [3.05, 3.63) is 59.9 Å². The number of hydrogen-bond donors (Lipinski definition) is 1. The SMILES string of the molecule is CCCN(CCC)C(=O)c1cccc(NC(=O)c2ccncc2)c1. The monoisotopic (exact) mass is 325 g/mol. The summed E-state index contributed by atoms with van der Waals surface area (Å²) in [6.45, 7) is 5.59. The van der Waals surface area contributed by atoms with Gasteiger partial charge in [-0.2, -0.15) is 0 Å². The lowest BCUT2D eigenvalue weighted by molar-refractivity contribution is 0.0755. The van der Waals surface area contributed by atoms with Gasteiger partial charge in [0.05, 0.1) is 0 Å². The first-order chi connectivity index (χ1) is 11.7. The van der Waals surface area contributed by atoms with Crippen molar-refractivity contribution in [1.29, 1.82) is 0 Å². The minimum absolute atomic E-state index is 0.00119. The number of pyridine rings is 1. The van der Waals surface area contributed by atoms with Gasteiger partial charge in [-0.25, -0.2) is 0 Å². The van der Waals surface area contributed by atoms with Gasteiger partial charge in [0.15, 0.2) is 0 Å². The van der Waals surface area contributed by atoms with Crippen LogP contribution in [0.2, 0.25) is 0 Å². The topological polar surface area (TPSA) is 62.3 Å². The van der Waals surface area contributed by atoms with E-state index in [0.717, 1.165) is 25.9 Å². The van der Waals surface area contributed by atoms with Crippen LogP contribution >= 0.6 is 0 Å². The van der Waals surface area contributed by atoms with Crippen molar-refractivity contribution >= 4 is 17.5 Å². The molecule has 5 heteroatoms. The summed E-state index contributed by atoms with van der Waals surface area (Å²) in [6, 6.07) is 10.4. The fraction of sp³-hybridized carbons (Fsp3) is 0.316. The highest BCUT2D eigenvalue weighted by atomic mass is 16.2. The maximum Gasteiger partial charge on any atom is 0.255 e. The number of carbonyl (C=O) groups excluding carboxylic acids is 2. The number of nitrogens with one attached hydrogen (secondary N) is 1. The molecule has 1 aromatic heterocycles. The second-order valence-electron chi connectivity index (χ2n) is 5.56. The molecule has 0 bridgehead atoms. The fourth-order valence-corrected chi connectivity index (χ4v) is 2.47. The summed E-state index contributed by atoms with van der Waals surface area (Å²) < 4.78 is 0. The third-order valence-electron chi connectivity index (χ3n) is 3.58. The van der Waals surface area contributed by atoms with E-state index in [-0.39, 0.29) is 11.8 Å². The first-order valence-electron chi connectivity index (χ1n) is 8.26. The normalized spacial score (nSPS) is 10.2. The lowest BCUT2D eigenvalue weighted by Gasteiger charge is -2.21. The zero-order valence-corrected chi connectivity index (χ0v) is 14.2. The van der Waals surface area contributed by atoms with Gasteiger partial charge < -0.3 is 10.2 Å². The number of anilines is 1. The smallest absolute Gasteiger partial charge is 0.255 e. The van der Waals surface area contributed by atoms with E-state index in [1.807, 2.05) is 4.90 Å². The van der Waals surface area contributed by atoms with Crippen molar-refractivity contribution in [2.24, 2.45) is 0 Å². The molecule has 0 spiro atoms. The number of hydrogen-bond acceptors (Lipinski definition) is 3. The largest absolute Gasteiger partial charge is 0.339 e. The lowest BCUT2D eigenvalue weighted by atomic mass is 10.1. The molecule has 5 nitrogen and oxygen atoms in total. The molecule has 0 aliphatic rings. The molecule has 1 heterocycles. The maximum absolute atomic E-state index is 12.6. The van der Waals surface area contributed by atoms with E-state index in [1.165, 1.54) is 0 Å². The summed E-state index contributed by atoms with van der Waals surface area (Å²) in [5.41, 5.74) is 1.72. The van der Waals surface area contributed by atoms with Crippen LogP contribution < -0.4 is 5.32 Å². The third kappa shape index (κ3) is 4.65. The summed E-state index contributed by atoms with van der Waals surface area (Å²) in [5.74, 6) is -0.223. The molecular weight excluding hydrogens is 302 g/mol. The molecule has 0 saturated carbocycles. The van der Waals surface area contributed by atoms with Gasteiger partial charge in [-0.05, 0) is 43.2 Å². The number of rotatable bonds is 7. The molecule has 0 aliphatic heterocycles. The Morgan fingerprint density at radius 1 is 1.00 bits per heavy atom. The van der Waals surface area contributed by atoms with Crippen LogP contribution in [0.4, 0.5) is 5.69 Å². The first kappa shape index (κ1) is 17.7. The number of carbonyl (C=O) groups is 2. The van der Waals surface area contributed by atoms with E-state index in [4.69, 9.17) is 0 Å². The molecule has 2 aromatic rings. The minimum atomic E-state index is -0.221. The second-order valence-corrected chi connectivity index (χ2v) is 5.56. The molecular formula is C19H23N3O2. The van der Waals surface area contributed by atoms with Crippen molar-refractivity contribution in [3.8, 4) is 0 Å². The first-order valence-corrected chi connectivity index (χ1v) is 8.26. The van der Waals surface area contributed by atoms with Crippen molar-refractivity contribution in [2.45, 2.75) is 26.7 Å². The summed E-state index contributed by atoms with van der Waals surface area (Å²) in [4.78, 5) is 30.6. The van der Waals surface area contributed by atoms with Gasteiger partial charge in [-0.1, -0.05) is 19.9 Å². The molecule has 1 N–H and O–H groups in total. The maximum atomic E-state index is 12.6. The summed E-state index contributed by atoms with van der Waals surface area (Å²) >= 11 is 0. The van der Waals surface area contributed by atoms with Crippen molar-refractivity contribution < 1.29 is 9.59 Å². The van der Waals surface area contributed by atoms with Gasteiger partial charge >= 0.3 is 0 Å². The summed E-state index contributed by atoms with van der Waals surface area (Å²) in [6.07, 6.45) is 4.99. The van der Waals surface area contributed by atoms with E-state index in [2.05, 4.69) is 24.1 Å². The molecule has 24 heavy (non-hydrogen) atoms. The number of amides is 2. The Balaban J connectivity index is 2.13. The average molecular weight is 325 g/mol. The molecule has 1 aromatic carbocycles. The van der Waals surface area contributed by atoms with E-state index in [1.54, 1.807) is 48.8 Å². The Morgan fingerprint density at radius 2 is 1.67 bits per heavy atom. The van der Waals surface area contributed by atoms with E-state index in [9.17, 15) is 9.59 Å². The van der Waals surface area contributed by atoms with Gasteiger partial charge in [0.1, 0.15) is 0 Å². The van der Waals surface area contributed by atoms with Gasteiger partial charge in [0.2, 0.25) is 0 Å². The van der Waals surface area contributed by atoms with E-state index < -0.39 is 0 Å². The van der Waals surface area contributed by atoms with Crippen molar-refractivity contribution in [2.75, 3.05) is 18.4 Å². The number of nitrogens with zero attached hydrogens (tertiary/aromatic N) is 2. The summed E-state index contributed by atoms with van der Waals surface area (Å²) in [5, 5.41) is 2.82. The van der Waals surface area contributed by atoms with Crippen LogP contribution in [0.15, 0.2) is 48.8 Å². The molecule has 0 atom stereocenters. The van der Waals surface area contributed by atoms with Gasteiger partial charge in [-0.3, -0.25) is 14.6 Å². The van der Waals surface area contributed by atoms with E-state index in [0.29, 0.717) is 16.8 Å². The summed E-state index contributed by atoms with van der Waals surface area (Å²) in [7, 11) is 0. The number of benzene rings is 1. The Morgan fingerprint density at radius 3 is 2.29 bits per heavy atom. The van der Waals surface area contributed by atoms with Crippen molar-refractivity contribution in [3.63, 3.8) is 0 Å². The van der Waals surface area contributed by atoms with E-state index >= 15 is 0 Å². The van der Waals surface area contributed by atoms with Crippen LogP contribution in [0.25, 0.3) is 0 Å². The highest BCUT2D eigenvalue weighted by Crippen LogP contribution is 2.14. The molecule has 0 unspecified atom stereocenters. The van der Waals surface area contributed by atoms with Gasteiger partial charge in [-0.15, -0.1) is 0 Å². The van der Waals surface area contributed by atoms with Crippen LogP contribution in [0, 0.1) is 0 Å². The van der Waals surface area contributed by atoms with Crippen LogP contribution in [-0.4, -0.2) is 34.8 Å². The van der Waals surface area contributed by atoms with Crippen LogP contribution in [-0.2, 0) is 0 Å². The molecule has 2 amide bonds. The highest BCUT2D eigenvalue weighted by Gasteiger charge is 2.15. The number of aromatic nitrogens is 1. The minimum Gasteiger partial charge on any atom is -0.339 e. The van der Waals surface area contributed by atoms with Crippen LogP contribution in [0.1, 0.15) is 47.4 Å². The molecule has 0 saturated heterocycles.